The fourth-order valence-electron chi connectivity index (χ4n) is 6.81. The van der Waals surface area contributed by atoms with Crippen LogP contribution in [0, 0.1) is 17.8 Å². The predicted octanol–water partition coefficient (Wildman–Crippen LogP) is 2.70. The van der Waals surface area contributed by atoms with Crippen LogP contribution < -0.4 is 14.5 Å². The minimum Gasteiger partial charge on any atom is -0.454 e. The molecule has 2 atom stereocenters. The van der Waals surface area contributed by atoms with Crippen molar-refractivity contribution < 1.29 is 19.4 Å². The molecular weight excluding hydrogens is 344 g/mol. The molecule has 1 amide bonds. The minimum atomic E-state index is -0.605. The lowest BCUT2D eigenvalue weighted by Crippen LogP contribution is -2.81. The van der Waals surface area contributed by atoms with E-state index in [0.717, 1.165) is 49.3 Å². The lowest BCUT2D eigenvalue weighted by atomic mass is 9.52. The molecule has 2 aliphatic heterocycles. The third-order valence-corrected chi connectivity index (χ3v) is 7.55. The van der Waals surface area contributed by atoms with E-state index in [1.165, 1.54) is 0 Å². The number of nitrogens with zero attached hydrogens (tertiary/aromatic N) is 2. The summed E-state index contributed by atoms with van der Waals surface area (Å²) in [5.41, 5.74) is -0.194. The lowest BCUT2D eigenvalue weighted by Gasteiger charge is -2.66. The van der Waals surface area contributed by atoms with Gasteiger partial charge in [-0.15, -0.1) is 0 Å². The van der Waals surface area contributed by atoms with Crippen molar-refractivity contribution in [1.82, 2.24) is 5.01 Å². The van der Waals surface area contributed by atoms with Crippen molar-refractivity contribution in [3.05, 3.63) is 18.2 Å². The van der Waals surface area contributed by atoms with E-state index < -0.39 is 11.1 Å². The largest absolute Gasteiger partial charge is 0.454 e. The van der Waals surface area contributed by atoms with Gasteiger partial charge in [-0.05, 0) is 75.8 Å². The number of carbonyl (C=O) groups excluding carboxylic acids is 1. The second-order valence-corrected chi connectivity index (χ2v) is 9.72. The number of hydrazine groups is 1. The first-order valence-electron chi connectivity index (χ1n) is 10.1. The molecule has 0 aromatic heterocycles. The molecule has 144 valence electrons. The van der Waals surface area contributed by atoms with Gasteiger partial charge in [0.1, 0.15) is 11.2 Å². The van der Waals surface area contributed by atoms with Gasteiger partial charge >= 0.3 is 0 Å². The Morgan fingerprint density at radius 2 is 1.85 bits per heavy atom. The molecule has 5 fully saturated rings. The molecule has 2 heterocycles. The summed E-state index contributed by atoms with van der Waals surface area (Å²) in [6.45, 7) is 4.17. The van der Waals surface area contributed by atoms with Crippen LogP contribution in [0.4, 0.5) is 5.69 Å². The molecule has 6 heteroatoms. The number of aliphatic hydroxyl groups is 1. The van der Waals surface area contributed by atoms with E-state index in [2.05, 4.69) is 5.01 Å². The topological polar surface area (TPSA) is 62.2 Å². The van der Waals surface area contributed by atoms with Crippen molar-refractivity contribution in [3.63, 3.8) is 0 Å². The predicted molar refractivity (Wildman–Crippen MR) is 98.3 cm³/mol. The molecule has 1 N–H and O–H groups in total. The zero-order chi connectivity index (χ0) is 18.6. The molecule has 1 aromatic rings. The van der Waals surface area contributed by atoms with Gasteiger partial charge in [-0.3, -0.25) is 9.80 Å². The van der Waals surface area contributed by atoms with E-state index in [4.69, 9.17) is 9.47 Å². The fraction of sp³-hybridized carbons (Fsp3) is 0.667. The number of hydrogen-bond acceptors (Lipinski definition) is 5. The van der Waals surface area contributed by atoms with Crippen molar-refractivity contribution in [2.75, 3.05) is 11.8 Å². The van der Waals surface area contributed by atoms with Crippen LogP contribution in [-0.4, -0.2) is 40.0 Å². The molecule has 1 saturated heterocycles. The zero-order valence-corrected chi connectivity index (χ0v) is 15.9. The van der Waals surface area contributed by atoms with Crippen molar-refractivity contribution in [2.45, 2.75) is 63.1 Å². The first-order chi connectivity index (χ1) is 12.9. The molecule has 6 aliphatic rings. The molecular formula is C21H26N2O4. The molecule has 7 rings (SSSR count). The third kappa shape index (κ3) is 1.97. The molecule has 4 saturated carbocycles. The van der Waals surface area contributed by atoms with Gasteiger partial charge < -0.3 is 14.6 Å². The number of carbonyl (C=O) groups is 1. The molecule has 0 spiro atoms. The summed E-state index contributed by atoms with van der Waals surface area (Å²) in [6.07, 6.45) is 4.87. The second kappa shape index (κ2) is 4.90. The Bertz CT molecular complexity index is 821. The Kier molecular flexibility index (Phi) is 2.91. The van der Waals surface area contributed by atoms with Gasteiger partial charge in [0.15, 0.2) is 11.5 Å². The SMILES string of the molecule is CC1(C)C(=O)N(C2C3CC4CC2CC(O)(C4)C3)N1c1cccc2c1OCO2. The van der Waals surface area contributed by atoms with Gasteiger partial charge in [0.25, 0.3) is 5.91 Å². The monoisotopic (exact) mass is 370 g/mol. The van der Waals surface area contributed by atoms with Gasteiger partial charge in [0.2, 0.25) is 6.79 Å². The average Bonchev–Trinajstić information content (AvgIpc) is 3.08. The van der Waals surface area contributed by atoms with Crippen LogP contribution in [0.1, 0.15) is 46.0 Å². The maximum atomic E-state index is 13.2. The molecule has 6 nitrogen and oxygen atoms in total. The quantitative estimate of drug-likeness (QED) is 0.867. The minimum absolute atomic E-state index is 0.170. The third-order valence-electron chi connectivity index (χ3n) is 7.55. The first-order valence-corrected chi connectivity index (χ1v) is 10.1. The van der Waals surface area contributed by atoms with Crippen molar-refractivity contribution in [3.8, 4) is 11.5 Å². The van der Waals surface area contributed by atoms with E-state index in [9.17, 15) is 9.90 Å². The number of para-hydroxylation sites is 1. The molecule has 0 radical (unpaired) electrons. The second-order valence-electron chi connectivity index (χ2n) is 9.72. The number of benzene rings is 1. The highest BCUT2D eigenvalue weighted by molar-refractivity contribution is 5.99. The maximum absolute atomic E-state index is 13.2. The number of amides is 1. The summed E-state index contributed by atoms with van der Waals surface area (Å²) in [5.74, 6) is 3.03. The molecule has 4 bridgehead atoms. The van der Waals surface area contributed by atoms with E-state index in [0.29, 0.717) is 17.8 Å². The van der Waals surface area contributed by atoms with Crippen molar-refractivity contribution in [2.24, 2.45) is 17.8 Å². The molecule has 27 heavy (non-hydrogen) atoms. The maximum Gasteiger partial charge on any atom is 0.268 e. The fourth-order valence-corrected chi connectivity index (χ4v) is 6.81. The Morgan fingerprint density at radius 3 is 2.56 bits per heavy atom. The average molecular weight is 370 g/mol. The van der Waals surface area contributed by atoms with Crippen LogP contribution in [0.2, 0.25) is 0 Å². The number of fused-ring (bicyclic) bond motifs is 1. The highest BCUT2D eigenvalue weighted by Crippen LogP contribution is 2.59. The van der Waals surface area contributed by atoms with Crippen LogP contribution in [-0.2, 0) is 4.79 Å². The molecule has 1 aromatic carbocycles. The Labute approximate surface area is 159 Å². The summed E-state index contributed by atoms with van der Waals surface area (Å²) in [4.78, 5) is 13.2. The van der Waals surface area contributed by atoms with E-state index in [1.54, 1.807) is 0 Å². The number of ether oxygens (including phenoxy) is 2. The standard InChI is InChI=1S/C21H26N2O4/c1-20(2)19(24)22(23(20)15-4-3-5-16-18(15)27-11-26-16)17-13-6-12-7-14(17)10-21(25,8-12)9-13/h3-5,12-14,17,25H,6-11H2,1-2H3. The smallest absolute Gasteiger partial charge is 0.268 e. The highest BCUT2D eigenvalue weighted by atomic mass is 16.7. The summed E-state index contributed by atoms with van der Waals surface area (Å²) in [5, 5.41) is 15.0. The van der Waals surface area contributed by atoms with Gasteiger partial charge in [0.05, 0.1) is 11.6 Å². The van der Waals surface area contributed by atoms with Crippen LogP contribution in [0.15, 0.2) is 18.2 Å². The lowest BCUT2D eigenvalue weighted by molar-refractivity contribution is -0.190. The van der Waals surface area contributed by atoms with E-state index in [1.807, 2.05) is 37.1 Å². The van der Waals surface area contributed by atoms with Gasteiger partial charge in [-0.1, -0.05) is 6.07 Å². The van der Waals surface area contributed by atoms with Gasteiger partial charge in [-0.25, -0.2) is 5.01 Å². The Morgan fingerprint density at radius 1 is 1.11 bits per heavy atom. The highest BCUT2D eigenvalue weighted by Gasteiger charge is 2.64. The Balaban J connectivity index is 1.40. The van der Waals surface area contributed by atoms with Crippen molar-refractivity contribution >= 4 is 11.6 Å². The Hall–Kier alpha value is -1.95. The van der Waals surface area contributed by atoms with Crippen LogP contribution >= 0.6 is 0 Å². The van der Waals surface area contributed by atoms with E-state index >= 15 is 0 Å². The van der Waals surface area contributed by atoms with Gasteiger partial charge in [-0.2, -0.15) is 0 Å². The number of anilines is 1. The number of hydrogen-bond donors (Lipinski definition) is 1. The van der Waals surface area contributed by atoms with Gasteiger partial charge in [0, 0.05) is 0 Å². The summed E-state index contributed by atoms with van der Waals surface area (Å²) < 4.78 is 11.3. The summed E-state index contributed by atoms with van der Waals surface area (Å²) in [6, 6.07) is 6.06. The van der Waals surface area contributed by atoms with Crippen LogP contribution in [0.3, 0.4) is 0 Å². The number of rotatable bonds is 2. The molecule has 4 aliphatic carbocycles. The summed E-state index contributed by atoms with van der Waals surface area (Å²) >= 11 is 0. The normalized spacial score (nSPS) is 40.5. The molecule has 2 unspecified atom stereocenters. The van der Waals surface area contributed by atoms with Crippen molar-refractivity contribution in [1.29, 1.82) is 0 Å². The summed E-state index contributed by atoms with van der Waals surface area (Å²) in [7, 11) is 0. The van der Waals surface area contributed by atoms with E-state index in [-0.39, 0.29) is 18.7 Å². The van der Waals surface area contributed by atoms with Crippen LogP contribution in [0.25, 0.3) is 0 Å². The first kappa shape index (κ1) is 16.0. The van der Waals surface area contributed by atoms with Crippen LogP contribution in [0.5, 0.6) is 11.5 Å². The zero-order valence-electron chi connectivity index (χ0n) is 15.9.